The molecule has 1 nitrogen and oxygen atoms in total. The fraction of sp³-hybridized carbons (Fsp3) is 0.667. The Balaban J connectivity index is 0.00000441. The van der Waals surface area contributed by atoms with Crippen LogP contribution >= 0.6 is 0 Å². The molecular formula is C18H34LiNSi2. The number of hydrogen-bond donors (Lipinski definition) is 0. The van der Waals surface area contributed by atoms with Crippen molar-refractivity contribution in [3.05, 3.63) is 30.3 Å². The normalized spacial score (nSPS) is 11.9. The van der Waals surface area contributed by atoms with E-state index in [-0.39, 0.29) is 18.9 Å². The van der Waals surface area contributed by atoms with E-state index in [9.17, 15) is 0 Å². The van der Waals surface area contributed by atoms with Crippen LogP contribution in [0, 0.1) is 6.07 Å². The number of anilines is 1. The van der Waals surface area contributed by atoms with Gasteiger partial charge in [-0.05, 0) is 36.3 Å². The van der Waals surface area contributed by atoms with Gasteiger partial charge in [-0.25, -0.2) is 0 Å². The number of nitrogens with zero attached hydrogens (tertiary/aromatic N) is 1. The minimum absolute atomic E-state index is 0. The summed E-state index contributed by atoms with van der Waals surface area (Å²) in [5, 5.41) is 0. The van der Waals surface area contributed by atoms with E-state index in [0.29, 0.717) is 0 Å². The monoisotopic (exact) mass is 327 g/mol. The van der Waals surface area contributed by atoms with Crippen LogP contribution in [0.2, 0.25) is 36.3 Å². The molecule has 0 saturated carbocycles. The Bertz CT molecular complexity index is 366. The smallest absolute Gasteiger partial charge is 0.444 e. The van der Waals surface area contributed by atoms with Gasteiger partial charge in [0, 0.05) is 0 Å². The molecule has 1 aromatic carbocycles. The van der Waals surface area contributed by atoms with Crippen LogP contribution in [0.3, 0.4) is 0 Å². The van der Waals surface area contributed by atoms with Crippen LogP contribution in [-0.2, 0) is 0 Å². The molecule has 0 bridgehead atoms. The van der Waals surface area contributed by atoms with Crippen molar-refractivity contribution in [1.29, 1.82) is 0 Å². The van der Waals surface area contributed by atoms with Gasteiger partial charge in [-0.3, -0.25) is 0 Å². The van der Waals surface area contributed by atoms with Gasteiger partial charge in [-0.2, -0.15) is 18.2 Å². The van der Waals surface area contributed by atoms with Crippen LogP contribution in [0.4, 0.5) is 5.69 Å². The Kier molecular flexibility index (Phi) is 10.1. The van der Waals surface area contributed by atoms with Crippen molar-refractivity contribution in [2.24, 2.45) is 0 Å². The molecule has 0 fully saturated rings. The molecule has 1 aromatic rings. The molecule has 0 spiro atoms. The molecule has 0 aliphatic rings. The second-order valence-corrected chi connectivity index (χ2v) is 16.6. The maximum atomic E-state index is 3.20. The first kappa shape index (κ1) is 22.1. The third-order valence-electron chi connectivity index (χ3n) is 5.86. The van der Waals surface area contributed by atoms with Crippen molar-refractivity contribution in [3.8, 4) is 0 Å². The molecule has 0 unspecified atom stereocenters. The Hall–Kier alpha value is 0.0512. The SMILES string of the molecule is CC[Si](CC)(CC)N(c1cc[c-]cc1)[Si](CC)(CC)CC.[Li+]. The van der Waals surface area contributed by atoms with Crippen LogP contribution in [0.1, 0.15) is 41.5 Å². The summed E-state index contributed by atoms with van der Waals surface area (Å²) in [5.41, 5.74) is 1.49. The summed E-state index contributed by atoms with van der Waals surface area (Å²) in [6, 6.07) is 20.2. The van der Waals surface area contributed by atoms with Crippen LogP contribution in [0.25, 0.3) is 0 Å². The maximum Gasteiger partial charge on any atom is 1.00 e. The standard InChI is InChI=1S/C18H34NSi2.Li/c1-7-20(8-2,9-3)19(18-16-14-13-15-17-18)21(10-4,11-5)12-6;/h14-17H,7-12H2,1-6H3;/q-1;+1. The van der Waals surface area contributed by atoms with E-state index in [1.807, 2.05) is 0 Å². The molecule has 0 atom stereocenters. The second-order valence-electron chi connectivity index (χ2n) is 6.16. The second kappa shape index (κ2) is 10.0. The molecule has 0 aromatic heterocycles. The summed E-state index contributed by atoms with van der Waals surface area (Å²) in [5.74, 6) is 0. The fourth-order valence-corrected chi connectivity index (χ4v) is 17.2. The summed E-state index contributed by atoms with van der Waals surface area (Å²) in [4.78, 5) is 0. The average Bonchev–Trinajstić information content (AvgIpc) is 2.57. The average molecular weight is 328 g/mol. The summed E-state index contributed by atoms with van der Waals surface area (Å²) in [7, 11) is -2.81. The molecule has 0 heterocycles. The topological polar surface area (TPSA) is 3.24 Å². The summed E-state index contributed by atoms with van der Waals surface area (Å²) < 4.78 is 3.05. The van der Waals surface area contributed by atoms with E-state index >= 15 is 0 Å². The minimum Gasteiger partial charge on any atom is -0.444 e. The Morgan fingerprint density at radius 3 is 1.32 bits per heavy atom. The first-order valence-corrected chi connectivity index (χ1v) is 14.0. The first-order chi connectivity index (χ1) is 10.1. The van der Waals surface area contributed by atoms with E-state index in [2.05, 4.69) is 76.1 Å². The van der Waals surface area contributed by atoms with Gasteiger partial charge in [-0.1, -0.05) is 47.2 Å². The van der Waals surface area contributed by atoms with E-state index in [4.69, 9.17) is 0 Å². The molecule has 0 radical (unpaired) electrons. The molecule has 0 amide bonds. The molecule has 120 valence electrons. The molecule has 0 aliphatic heterocycles. The number of hydrogen-bond acceptors (Lipinski definition) is 1. The first-order valence-electron chi connectivity index (χ1n) is 8.86. The third-order valence-corrected chi connectivity index (χ3v) is 19.0. The Labute approximate surface area is 153 Å². The van der Waals surface area contributed by atoms with Gasteiger partial charge < -0.3 is 4.23 Å². The van der Waals surface area contributed by atoms with Crippen molar-refractivity contribution in [2.75, 3.05) is 4.23 Å². The van der Waals surface area contributed by atoms with Gasteiger partial charge in [0.2, 0.25) is 0 Å². The van der Waals surface area contributed by atoms with Crippen LogP contribution in [-0.4, -0.2) is 16.5 Å². The van der Waals surface area contributed by atoms with Gasteiger partial charge >= 0.3 is 18.9 Å². The van der Waals surface area contributed by atoms with Crippen molar-refractivity contribution in [2.45, 2.75) is 77.8 Å². The zero-order valence-corrected chi connectivity index (χ0v) is 18.0. The van der Waals surface area contributed by atoms with Crippen molar-refractivity contribution >= 4 is 22.2 Å². The van der Waals surface area contributed by atoms with Gasteiger partial charge in [0.15, 0.2) is 0 Å². The summed E-state index contributed by atoms with van der Waals surface area (Å²) in [6.07, 6.45) is 0. The minimum atomic E-state index is -1.40. The predicted octanol–water partition coefficient (Wildman–Crippen LogP) is 3.31. The quantitative estimate of drug-likeness (QED) is 0.497. The largest absolute Gasteiger partial charge is 1.00 e. The van der Waals surface area contributed by atoms with Gasteiger partial charge in [0.05, 0.1) is 0 Å². The van der Waals surface area contributed by atoms with E-state index < -0.39 is 16.5 Å². The molecule has 4 heteroatoms. The van der Waals surface area contributed by atoms with Gasteiger partial charge in [0.25, 0.3) is 0 Å². The third kappa shape index (κ3) is 4.12. The van der Waals surface area contributed by atoms with E-state index in [1.165, 1.54) is 42.0 Å². The van der Waals surface area contributed by atoms with Crippen molar-refractivity contribution < 1.29 is 18.9 Å². The van der Waals surface area contributed by atoms with Gasteiger partial charge in [-0.15, -0.1) is 12.1 Å². The Morgan fingerprint density at radius 2 is 1.05 bits per heavy atom. The van der Waals surface area contributed by atoms with Crippen molar-refractivity contribution in [3.63, 3.8) is 0 Å². The zero-order chi connectivity index (χ0) is 15.9. The maximum absolute atomic E-state index is 3.20. The van der Waals surface area contributed by atoms with E-state index in [1.54, 1.807) is 0 Å². The van der Waals surface area contributed by atoms with Crippen LogP contribution in [0.15, 0.2) is 24.3 Å². The predicted molar refractivity (Wildman–Crippen MR) is 102 cm³/mol. The molecule has 0 aliphatic carbocycles. The van der Waals surface area contributed by atoms with Crippen LogP contribution < -0.4 is 23.1 Å². The van der Waals surface area contributed by atoms with Crippen LogP contribution in [0.5, 0.6) is 0 Å². The molecule has 0 N–H and O–H groups in total. The molecule has 22 heavy (non-hydrogen) atoms. The van der Waals surface area contributed by atoms with Gasteiger partial charge in [0.1, 0.15) is 16.5 Å². The summed E-state index contributed by atoms with van der Waals surface area (Å²) >= 11 is 0. The molecular weight excluding hydrogens is 293 g/mol. The fourth-order valence-electron chi connectivity index (χ4n) is 4.03. The number of benzene rings is 1. The van der Waals surface area contributed by atoms with E-state index in [0.717, 1.165) is 0 Å². The Morgan fingerprint density at radius 1 is 0.727 bits per heavy atom. The molecule has 0 saturated heterocycles. The molecule has 1 rings (SSSR count). The van der Waals surface area contributed by atoms with Crippen molar-refractivity contribution in [1.82, 2.24) is 0 Å². The number of rotatable bonds is 9. The summed E-state index contributed by atoms with van der Waals surface area (Å²) in [6.45, 7) is 14.6. The zero-order valence-electron chi connectivity index (χ0n) is 16.0.